The van der Waals surface area contributed by atoms with Crippen molar-refractivity contribution >= 4 is 5.96 Å². The van der Waals surface area contributed by atoms with E-state index in [1.165, 1.54) is 12.8 Å². The molecule has 3 rings (SSSR count). The van der Waals surface area contributed by atoms with Crippen LogP contribution in [-0.2, 0) is 0 Å². The van der Waals surface area contributed by atoms with E-state index in [2.05, 4.69) is 40.4 Å². The van der Waals surface area contributed by atoms with Gasteiger partial charge in [0, 0.05) is 19.1 Å². The van der Waals surface area contributed by atoms with Crippen molar-refractivity contribution in [2.24, 2.45) is 28.3 Å². The van der Waals surface area contributed by atoms with Gasteiger partial charge in [0.05, 0.1) is 0 Å². The summed E-state index contributed by atoms with van der Waals surface area (Å²) in [4.78, 5) is 6.78. The number of hydrogen-bond donors (Lipinski definition) is 4. The highest BCUT2D eigenvalue weighted by atomic mass is 15.3. The van der Waals surface area contributed by atoms with Crippen molar-refractivity contribution < 1.29 is 0 Å². The summed E-state index contributed by atoms with van der Waals surface area (Å²) in [7, 11) is 0. The largest absolute Gasteiger partial charge is 0.370 e. The smallest absolute Gasteiger partial charge is 0.196 e. The van der Waals surface area contributed by atoms with Crippen molar-refractivity contribution in [2.45, 2.75) is 44.8 Å². The maximum atomic E-state index is 6.43. The fourth-order valence-electron chi connectivity index (χ4n) is 3.86. The molecule has 6 nitrogen and oxygen atoms in total. The van der Waals surface area contributed by atoms with Crippen molar-refractivity contribution in [3.05, 3.63) is 11.9 Å². The number of nitrogens with two attached hydrogens (primary N) is 2. The lowest BCUT2D eigenvalue weighted by Crippen LogP contribution is -2.50. The van der Waals surface area contributed by atoms with Gasteiger partial charge in [-0.1, -0.05) is 13.8 Å². The van der Waals surface area contributed by atoms with Crippen LogP contribution in [0.3, 0.4) is 0 Å². The number of guanidine groups is 1. The van der Waals surface area contributed by atoms with Gasteiger partial charge >= 0.3 is 0 Å². The van der Waals surface area contributed by atoms with E-state index >= 15 is 0 Å². The van der Waals surface area contributed by atoms with Crippen molar-refractivity contribution in [2.75, 3.05) is 19.6 Å². The molecule has 0 aromatic rings. The van der Waals surface area contributed by atoms with E-state index in [9.17, 15) is 0 Å². The minimum Gasteiger partial charge on any atom is -0.370 e. The molecule has 6 N–H and O–H groups in total. The minimum atomic E-state index is -0.681. The first-order chi connectivity index (χ1) is 9.95. The van der Waals surface area contributed by atoms with Gasteiger partial charge in [-0.3, -0.25) is 0 Å². The third-order valence-corrected chi connectivity index (χ3v) is 4.65. The highest BCUT2D eigenvalue weighted by Crippen LogP contribution is 2.29. The van der Waals surface area contributed by atoms with E-state index < -0.39 is 5.66 Å². The zero-order valence-electron chi connectivity index (χ0n) is 13.1. The lowest BCUT2D eigenvalue weighted by atomic mass is 9.94. The molecular formula is C15H28N6. The number of hydrogen-bond acceptors (Lipinski definition) is 6. The topological polar surface area (TPSA) is 91.7 Å². The van der Waals surface area contributed by atoms with E-state index in [-0.39, 0.29) is 0 Å². The van der Waals surface area contributed by atoms with Gasteiger partial charge in [-0.05, 0) is 43.7 Å². The summed E-state index contributed by atoms with van der Waals surface area (Å²) < 4.78 is 0. The second kappa shape index (κ2) is 5.50. The molecular weight excluding hydrogens is 264 g/mol. The average molecular weight is 292 g/mol. The number of piperidine rings is 1. The van der Waals surface area contributed by atoms with Gasteiger partial charge in [-0.25, -0.2) is 4.99 Å². The third-order valence-electron chi connectivity index (χ3n) is 4.65. The maximum Gasteiger partial charge on any atom is 0.196 e. The number of nitrogens with one attached hydrogen (secondary N) is 2. The molecule has 3 unspecified atom stereocenters. The Bertz CT molecular complexity index is 443. The summed E-state index contributed by atoms with van der Waals surface area (Å²) in [6, 6.07) is 0.596. The molecule has 0 saturated carbocycles. The van der Waals surface area contributed by atoms with Crippen LogP contribution >= 0.6 is 0 Å². The molecule has 3 aliphatic heterocycles. The molecule has 2 saturated heterocycles. The molecule has 0 aliphatic carbocycles. The SMILES string of the molecule is CC(C)CC1(N)C=C(N2CC3CCCNC3C2)NC(N)=N1. The lowest BCUT2D eigenvalue weighted by Gasteiger charge is -2.33. The van der Waals surface area contributed by atoms with E-state index in [1.807, 2.05) is 0 Å². The first kappa shape index (κ1) is 14.7. The average Bonchev–Trinajstić information content (AvgIpc) is 2.79. The first-order valence-corrected chi connectivity index (χ1v) is 8.07. The van der Waals surface area contributed by atoms with Gasteiger partial charge in [-0.2, -0.15) is 0 Å². The number of aliphatic imine (C=N–C) groups is 1. The number of rotatable bonds is 3. The van der Waals surface area contributed by atoms with Gasteiger partial charge in [0.25, 0.3) is 0 Å². The van der Waals surface area contributed by atoms with Crippen LogP contribution in [0.4, 0.5) is 0 Å². The Hall–Kier alpha value is -1.27. The van der Waals surface area contributed by atoms with Crippen LogP contribution in [0.15, 0.2) is 16.9 Å². The van der Waals surface area contributed by atoms with Crippen molar-refractivity contribution in [3.8, 4) is 0 Å². The Labute approximate surface area is 127 Å². The molecule has 0 spiro atoms. The molecule has 3 aliphatic rings. The Balaban J connectivity index is 1.75. The van der Waals surface area contributed by atoms with Crippen LogP contribution in [0, 0.1) is 11.8 Å². The van der Waals surface area contributed by atoms with E-state index in [1.54, 1.807) is 0 Å². The van der Waals surface area contributed by atoms with Crippen LogP contribution in [0.5, 0.6) is 0 Å². The summed E-state index contributed by atoms with van der Waals surface area (Å²) in [5, 5.41) is 6.83. The Morgan fingerprint density at radius 1 is 1.48 bits per heavy atom. The zero-order valence-corrected chi connectivity index (χ0v) is 13.1. The predicted octanol–water partition coefficient (Wildman–Crippen LogP) is 0.131. The normalized spacial score (nSPS) is 36.1. The third kappa shape index (κ3) is 3.16. The zero-order chi connectivity index (χ0) is 15.0. The summed E-state index contributed by atoms with van der Waals surface area (Å²) in [5.41, 5.74) is 11.7. The fraction of sp³-hybridized carbons (Fsp3) is 0.800. The van der Waals surface area contributed by atoms with E-state index in [0.717, 1.165) is 37.8 Å². The number of likely N-dealkylation sites (tertiary alicyclic amines) is 1. The van der Waals surface area contributed by atoms with Crippen LogP contribution in [0.25, 0.3) is 0 Å². The number of nitrogens with zero attached hydrogens (tertiary/aromatic N) is 2. The maximum absolute atomic E-state index is 6.43. The monoisotopic (exact) mass is 292 g/mol. The molecule has 3 heterocycles. The minimum absolute atomic E-state index is 0.429. The van der Waals surface area contributed by atoms with Crippen molar-refractivity contribution in [1.82, 2.24) is 15.5 Å². The molecule has 0 aromatic heterocycles. The first-order valence-electron chi connectivity index (χ1n) is 8.07. The Morgan fingerprint density at radius 3 is 3.00 bits per heavy atom. The van der Waals surface area contributed by atoms with Crippen molar-refractivity contribution in [1.29, 1.82) is 0 Å². The molecule has 6 heteroatoms. The van der Waals surface area contributed by atoms with Crippen LogP contribution in [-0.4, -0.2) is 42.2 Å². The predicted molar refractivity (Wildman–Crippen MR) is 85.3 cm³/mol. The molecule has 21 heavy (non-hydrogen) atoms. The second-order valence-corrected chi connectivity index (χ2v) is 7.11. The summed E-state index contributed by atoms with van der Waals surface area (Å²) >= 11 is 0. The fourth-order valence-corrected chi connectivity index (χ4v) is 3.86. The van der Waals surface area contributed by atoms with Gasteiger partial charge in [0.2, 0.25) is 0 Å². The Kier molecular flexibility index (Phi) is 3.84. The van der Waals surface area contributed by atoms with Crippen LogP contribution < -0.4 is 22.1 Å². The van der Waals surface area contributed by atoms with Gasteiger partial charge in [0.15, 0.2) is 5.96 Å². The van der Waals surface area contributed by atoms with Gasteiger partial charge in [0.1, 0.15) is 11.5 Å². The molecule has 118 valence electrons. The lowest BCUT2D eigenvalue weighted by molar-refractivity contribution is 0.336. The quantitative estimate of drug-likeness (QED) is 0.593. The van der Waals surface area contributed by atoms with Crippen molar-refractivity contribution in [3.63, 3.8) is 0 Å². The van der Waals surface area contributed by atoms with Crippen LogP contribution in [0.2, 0.25) is 0 Å². The van der Waals surface area contributed by atoms with Gasteiger partial charge in [-0.15, -0.1) is 0 Å². The molecule has 0 radical (unpaired) electrons. The molecule has 0 aromatic carbocycles. The highest BCUT2D eigenvalue weighted by molar-refractivity contribution is 5.81. The Morgan fingerprint density at radius 2 is 2.29 bits per heavy atom. The summed E-state index contributed by atoms with van der Waals surface area (Å²) in [5.74, 6) is 2.67. The van der Waals surface area contributed by atoms with E-state index in [4.69, 9.17) is 11.5 Å². The second-order valence-electron chi connectivity index (χ2n) is 7.11. The highest BCUT2D eigenvalue weighted by Gasteiger charge is 2.37. The standard InChI is InChI=1S/C15H28N6/c1-10(2)6-15(17)7-13(19-14(16)20-15)21-8-11-4-3-5-18-12(11)9-21/h7,10-12,18H,3-6,8-9,17H2,1-2H3,(H3,16,19,20). The molecule has 0 amide bonds. The van der Waals surface area contributed by atoms with Gasteiger partial charge < -0.3 is 27.0 Å². The molecule has 3 atom stereocenters. The summed E-state index contributed by atoms with van der Waals surface area (Å²) in [6.45, 7) is 7.55. The van der Waals surface area contributed by atoms with Crippen LogP contribution in [0.1, 0.15) is 33.1 Å². The molecule has 0 bridgehead atoms. The number of fused-ring (bicyclic) bond motifs is 1. The van der Waals surface area contributed by atoms with E-state index in [0.29, 0.717) is 17.9 Å². The molecule has 2 fully saturated rings. The summed E-state index contributed by atoms with van der Waals surface area (Å²) in [6.07, 6.45) is 5.45.